The lowest BCUT2D eigenvalue weighted by Gasteiger charge is -2.40. The maximum atomic E-state index is 14.0. The molecule has 0 spiro atoms. The van der Waals surface area contributed by atoms with Gasteiger partial charge >= 0.3 is 5.97 Å². The van der Waals surface area contributed by atoms with Crippen LogP contribution in [0.3, 0.4) is 0 Å². The van der Waals surface area contributed by atoms with Crippen molar-refractivity contribution >= 4 is 69.7 Å². The molecule has 440 valence electrons. The molecule has 5 heterocycles. The van der Waals surface area contributed by atoms with Crippen LogP contribution < -0.4 is 43.2 Å². The number of esters is 1. The molecule has 13 N–H and O–H groups in total. The predicted molar refractivity (Wildman–Crippen MR) is 289 cm³/mol. The highest BCUT2D eigenvalue weighted by Gasteiger charge is 2.47. The van der Waals surface area contributed by atoms with E-state index in [2.05, 4.69) is 31.9 Å². The maximum Gasteiger partial charge on any atom is 0.343 e. The Morgan fingerprint density at radius 3 is 2.33 bits per heavy atom. The molecule has 0 bridgehead atoms. The summed E-state index contributed by atoms with van der Waals surface area (Å²) in [6.45, 7) is 0.398. The Morgan fingerprint density at radius 2 is 1.60 bits per heavy atom. The molecule has 0 radical (unpaired) electrons. The number of nitrogens with two attached hydrogens (primary N) is 1. The van der Waals surface area contributed by atoms with Crippen LogP contribution in [0, 0.1) is 6.92 Å². The number of aliphatic hydroxyl groups is 5. The third-order valence-corrected chi connectivity index (χ3v) is 15.7. The zero-order chi connectivity index (χ0) is 59.2. The van der Waals surface area contributed by atoms with Crippen molar-refractivity contribution in [1.82, 2.24) is 41.5 Å². The molecule has 1 aliphatic carbocycles. The number of rotatable bonds is 24. The molecule has 1 saturated heterocycles. The van der Waals surface area contributed by atoms with Crippen LogP contribution in [0.5, 0.6) is 0 Å². The van der Waals surface area contributed by atoms with Crippen molar-refractivity contribution in [2.45, 2.75) is 133 Å². The van der Waals surface area contributed by atoms with Gasteiger partial charge in [-0.1, -0.05) is 48.9 Å². The van der Waals surface area contributed by atoms with Gasteiger partial charge in [-0.25, -0.2) is 9.78 Å². The summed E-state index contributed by atoms with van der Waals surface area (Å²) in [5.41, 5.74) is 9.10. The van der Waals surface area contributed by atoms with Crippen LogP contribution in [0.15, 0.2) is 47.3 Å². The summed E-state index contributed by atoms with van der Waals surface area (Å²) in [6, 6.07) is 9.21. The number of Topliss-reactive ketones (excluding diaryl/α,β-unsaturated/α-hetero) is 1. The van der Waals surface area contributed by atoms with E-state index in [-0.39, 0.29) is 76.1 Å². The number of aliphatic hydroxyl groups excluding tert-OH is 4. The zero-order valence-corrected chi connectivity index (χ0v) is 45.7. The first-order valence-corrected chi connectivity index (χ1v) is 27.2. The molecule has 4 aliphatic rings. The van der Waals surface area contributed by atoms with Crippen molar-refractivity contribution in [2.75, 3.05) is 39.6 Å². The molecule has 8 rings (SSSR count). The Balaban J connectivity index is 0.784. The van der Waals surface area contributed by atoms with E-state index in [1.807, 2.05) is 6.92 Å². The summed E-state index contributed by atoms with van der Waals surface area (Å²) < 4.78 is 17.6. The van der Waals surface area contributed by atoms with Gasteiger partial charge in [-0.3, -0.25) is 38.4 Å². The largest absolute Gasteiger partial charge is 0.458 e. The number of halogens is 1. The average molecular weight is 1160 g/mol. The summed E-state index contributed by atoms with van der Waals surface area (Å²) in [6.07, 6.45) is -6.99. The van der Waals surface area contributed by atoms with Crippen LogP contribution in [0.4, 0.5) is 0 Å². The van der Waals surface area contributed by atoms with Gasteiger partial charge in [0.2, 0.25) is 35.4 Å². The first kappa shape index (κ1) is 60.8. The second-order valence-corrected chi connectivity index (χ2v) is 21.1. The fraction of sp³-hybridized carbons (Fsp3) is 0.491. The molecule has 6 amide bonds. The van der Waals surface area contributed by atoms with E-state index in [1.165, 1.54) is 4.57 Å². The molecular weight excluding hydrogens is 1090 g/mol. The average Bonchev–Trinajstić information content (AvgIpc) is 1.91. The number of carbonyl (C=O) groups excluding carboxylic acids is 8. The van der Waals surface area contributed by atoms with Crippen LogP contribution in [-0.4, -0.2) is 164 Å². The standard InChI is InChI=1S/C55H66ClN9O17/c1-3-55(79)31-16-37-48-29(21-65(37)53(77)30(31)23-81-54(55)78)47-34(11-9-28-26(2)32(56)17-36(64-48)46(28)47)62-45(72)24-80-25-61-42(69)14-12-38(67)35(15-27-7-5-4-6-8-27)63-44(71)20-59-43(70)19-60-52(76)33(57)10-13-41(68)58-18-39-49(73)51(75)50(74)40(22-66)82-39/h4-8,16-17,33-35,39-40,49-51,66,73-75,79H,3,9-15,18-25,57H2,1-2H3,(H,58,68)(H,59,70)(H,60,76)(H,61,69)(H,62,72)(H,63,71)/t33-,34-,35-,39-,40+,49-,50+,51+,55-/m0/s1. The van der Waals surface area contributed by atoms with Crippen LogP contribution in [-0.2, 0) is 84.2 Å². The van der Waals surface area contributed by atoms with Gasteiger partial charge in [0.25, 0.3) is 5.56 Å². The van der Waals surface area contributed by atoms with Gasteiger partial charge in [-0.15, -0.1) is 0 Å². The third kappa shape index (κ3) is 13.3. The Morgan fingerprint density at radius 1 is 0.878 bits per heavy atom. The summed E-state index contributed by atoms with van der Waals surface area (Å²) in [5.74, 6) is -5.32. The Bertz CT molecular complexity index is 3210. The van der Waals surface area contributed by atoms with E-state index in [0.29, 0.717) is 45.9 Å². The number of ketones is 1. The lowest BCUT2D eigenvalue weighted by Crippen LogP contribution is -2.60. The molecule has 26 nitrogen and oxygen atoms in total. The topological polar surface area (TPSA) is 398 Å². The normalized spacial score (nSPS) is 22.1. The minimum atomic E-state index is -2.02. The minimum Gasteiger partial charge on any atom is -0.458 e. The quantitative estimate of drug-likeness (QED) is 0.0174. The number of fused-ring (bicyclic) bond motifs is 5. The van der Waals surface area contributed by atoms with Gasteiger partial charge in [0.15, 0.2) is 11.4 Å². The van der Waals surface area contributed by atoms with E-state index in [1.54, 1.807) is 49.4 Å². The second kappa shape index (κ2) is 26.3. The Kier molecular flexibility index (Phi) is 19.5. The van der Waals surface area contributed by atoms with E-state index < -0.39 is 133 Å². The molecule has 4 aromatic rings. The van der Waals surface area contributed by atoms with Gasteiger partial charge < -0.3 is 81.9 Å². The number of carbonyl (C=O) groups is 8. The molecule has 27 heteroatoms. The van der Waals surface area contributed by atoms with Crippen molar-refractivity contribution in [3.8, 4) is 11.4 Å². The highest BCUT2D eigenvalue weighted by Crippen LogP contribution is 2.46. The summed E-state index contributed by atoms with van der Waals surface area (Å²) in [5, 5.41) is 67.4. The molecule has 3 aliphatic heterocycles. The molecule has 2 aromatic carbocycles. The molecule has 82 heavy (non-hydrogen) atoms. The van der Waals surface area contributed by atoms with E-state index >= 15 is 0 Å². The van der Waals surface area contributed by atoms with Crippen LogP contribution >= 0.6 is 11.6 Å². The molecule has 0 saturated carbocycles. The second-order valence-electron chi connectivity index (χ2n) is 20.7. The number of amides is 6. The van der Waals surface area contributed by atoms with Crippen LogP contribution in [0.1, 0.15) is 90.4 Å². The Labute approximate surface area is 473 Å². The Hall–Kier alpha value is -7.27. The smallest absolute Gasteiger partial charge is 0.343 e. The molecule has 1 fully saturated rings. The highest BCUT2D eigenvalue weighted by atomic mass is 35.5. The third-order valence-electron chi connectivity index (χ3n) is 15.3. The minimum absolute atomic E-state index is 0.0271. The van der Waals surface area contributed by atoms with Gasteiger partial charge in [0.1, 0.15) is 50.5 Å². The van der Waals surface area contributed by atoms with Gasteiger partial charge in [-0.05, 0) is 73.4 Å². The SMILES string of the molecule is CC[C@@]1(O)C(=O)OCc2c1cc1n(c2=O)Cc2c-1nc1cc(Cl)c(C)c3c1c2[C@@H](NC(=O)COCNC(=O)CCC(=O)[C@H](Cc1ccccc1)NC(=O)CNC(=O)CNC(=O)[C@@H](N)CCC(=O)NC[C@@H]1O[C@H](CO)[C@@H](O)[C@H](O)[C@H]1O)CC3. The summed E-state index contributed by atoms with van der Waals surface area (Å²) in [7, 11) is 0. The van der Waals surface area contributed by atoms with Crippen molar-refractivity contribution in [3.05, 3.63) is 96.8 Å². The number of hydrogen-bond donors (Lipinski definition) is 12. The van der Waals surface area contributed by atoms with Gasteiger partial charge in [0, 0.05) is 47.3 Å². The van der Waals surface area contributed by atoms with Crippen LogP contribution in [0.25, 0.3) is 22.3 Å². The number of hydrogen-bond acceptors (Lipinski definition) is 19. The number of nitrogens with one attached hydrogen (secondary N) is 6. The molecular formula is C55H66ClN9O17. The fourth-order valence-electron chi connectivity index (χ4n) is 10.7. The maximum absolute atomic E-state index is 14.0. The summed E-state index contributed by atoms with van der Waals surface area (Å²) >= 11 is 6.71. The van der Waals surface area contributed by atoms with E-state index in [0.717, 1.165) is 22.1 Å². The molecule has 0 unspecified atom stereocenters. The van der Waals surface area contributed by atoms with Crippen molar-refractivity contribution in [1.29, 1.82) is 0 Å². The van der Waals surface area contributed by atoms with E-state index in [9.17, 15) is 68.7 Å². The van der Waals surface area contributed by atoms with E-state index in [4.69, 9.17) is 36.5 Å². The predicted octanol–water partition coefficient (Wildman–Crippen LogP) is -2.39. The lowest BCUT2D eigenvalue weighted by molar-refractivity contribution is -0.227. The monoisotopic (exact) mass is 1160 g/mol. The fourth-order valence-corrected chi connectivity index (χ4v) is 10.9. The van der Waals surface area contributed by atoms with Gasteiger partial charge in [-0.2, -0.15) is 0 Å². The van der Waals surface area contributed by atoms with Crippen molar-refractivity contribution in [3.63, 3.8) is 0 Å². The number of benzene rings is 2. The lowest BCUT2D eigenvalue weighted by atomic mass is 9.81. The molecule has 9 atom stereocenters. The van der Waals surface area contributed by atoms with Gasteiger partial charge in [0.05, 0.1) is 66.8 Å². The number of nitrogens with zero attached hydrogens (tertiary/aromatic N) is 2. The highest BCUT2D eigenvalue weighted by molar-refractivity contribution is 6.32. The number of ether oxygens (including phenoxy) is 3. The number of aromatic nitrogens is 2. The first-order chi connectivity index (χ1) is 39.1. The number of cyclic esters (lactones) is 1. The molecule has 2 aromatic heterocycles. The number of pyridine rings is 2. The first-order valence-electron chi connectivity index (χ1n) is 26.8. The van der Waals surface area contributed by atoms with Crippen LogP contribution in [0.2, 0.25) is 5.02 Å². The summed E-state index contributed by atoms with van der Waals surface area (Å²) in [4.78, 5) is 122. The number of aryl methyl sites for hydroxylation is 1. The van der Waals surface area contributed by atoms with Crippen molar-refractivity contribution < 1.29 is 78.1 Å². The van der Waals surface area contributed by atoms with Crippen molar-refractivity contribution in [2.24, 2.45) is 5.73 Å². The zero-order valence-electron chi connectivity index (χ0n) is 45.0.